The average Bonchev–Trinajstić information content (AvgIpc) is 2.97. The summed E-state index contributed by atoms with van der Waals surface area (Å²) in [6.07, 6.45) is 0. The van der Waals surface area contributed by atoms with Gasteiger partial charge in [-0.3, -0.25) is 14.7 Å². The number of halogens is 9. The molecule has 3 rings (SSSR count). The zero-order chi connectivity index (χ0) is 22.7. The smallest absolute Gasteiger partial charge is 0.282 e. The summed E-state index contributed by atoms with van der Waals surface area (Å²) in [6.45, 7) is 0.864. The van der Waals surface area contributed by atoms with Crippen molar-refractivity contribution in [2.45, 2.75) is 6.92 Å². The Kier molecular flexibility index (Phi) is 5.00. The number of carbonyl (C=O) groups is 1. The van der Waals surface area contributed by atoms with Gasteiger partial charge in [-0.1, -0.05) is 0 Å². The lowest BCUT2D eigenvalue weighted by atomic mass is 10.0. The van der Waals surface area contributed by atoms with Crippen LogP contribution in [-0.4, -0.2) is 15.6 Å². The molecule has 0 aliphatic heterocycles. The molecule has 30 heavy (non-hydrogen) atoms. The van der Waals surface area contributed by atoms with Crippen molar-refractivity contribution in [1.29, 1.82) is 0 Å². The molecule has 0 aliphatic carbocycles. The van der Waals surface area contributed by atoms with Gasteiger partial charge in [0.2, 0.25) is 11.6 Å². The number of rotatable bonds is 3. The normalized spacial score (nSPS) is 11.3. The number of nitrogens with zero attached hydrogens (tertiary/aromatic N) is 1. The van der Waals surface area contributed by atoms with Gasteiger partial charge in [-0.25, -0.2) is 44.2 Å². The van der Waals surface area contributed by atoms with Gasteiger partial charge in [-0.05, 0) is 6.92 Å². The van der Waals surface area contributed by atoms with E-state index in [4.69, 9.17) is 0 Å². The molecule has 1 heterocycles. The summed E-state index contributed by atoms with van der Waals surface area (Å²) in [6, 6.07) is -0.171. The fourth-order valence-corrected chi connectivity index (χ4v) is 2.66. The van der Waals surface area contributed by atoms with Crippen molar-refractivity contribution >= 4 is 5.78 Å². The van der Waals surface area contributed by atoms with Crippen molar-refractivity contribution in [3.05, 3.63) is 85.6 Å². The maximum absolute atomic E-state index is 13.9. The molecule has 0 amide bonds. The van der Waals surface area contributed by atoms with E-state index in [-0.39, 0.29) is 10.7 Å². The van der Waals surface area contributed by atoms with E-state index in [1.165, 1.54) is 0 Å². The first-order valence-corrected chi connectivity index (χ1v) is 7.61. The molecule has 2 aromatic carbocycles. The second-order valence-corrected chi connectivity index (χ2v) is 5.84. The van der Waals surface area contributed by atoms with Crippen LogP contribution in [0, 0.1) is 59.3 Å². The number of aromatic nitrogens is 2. The fraction of sp³-hybridized carbons (Fsp3) is 0.0588. The molecule has 0 fully saturated rings. The minimum atomic E-state index is -2.57. The lowest BCUT2D eigenvalue weighted by Gasteiger charge is -2.07. The van der Waals surface area contributed by atoms with Gasteiger partial charge in [0.1, 0.15) is 16.8 Å². The molecule has 4 nitrogen and oxygen atoms in total. The lowest BCUT2D eigenvalue weighted by Crippen LogP contribution is -2.25. The van der Waals surface area contributed by atoms with Gasteiger partial charge in [0.25, 0.3) is 5.56 Å². The Morgan fingerprint density at radius 3 is 1.63 bits per heavy atom. The van der Waals surface area contributed by atoms with E-state index in [9.17, 15) is 49.1 Å². The minimum absolute atomic E-state index is 0.171. The van der Waals surface area contributed by atoms with Crippen molar-refractivity contribution < 1.29 is 44.3 Å². The average molecular weight is 440 g/mol. The Labute approximate surface area is 159 Å². The zero-order valence-electron chi connectivity index (χ0n) is 14.2. The highest BCUT2D eigenvalue weighted by molar-refractivity contribution is 6.10. The van der Waals surface area contributed by atoms with Gasteiger partial charge >= 0.3 is 0 Å². The van der Waals surface area contributed by atoms with Crippen molar-refractivity contribution in [3.8, 4) is 5.69 Å². The minimum Gasteiger partial charge on any atom is -0.294 e. The first-order chi connectivity index (χ1) is 13.9. The van der Waals surface area contributed by atoms with Crippen LogP contribution in [0.25, 0.3) is 5.69 Å². The summed E-state index contributed by atoms with van der Waals surface area (Å²) in [5, 5.41) is 1.86. The number of H-pyrrole nitrogens is 1. The molecule has 0 saturated carbocycles. The van der Waals surface area contributed by atoms with Crippen molar-refractivity contribution in [2.24, 2.45) is 0 Å². The summed E-state index contributed by atoms with van der Waals surface area (Å²) >= 11 is 0. The van der Waals surface area contributed by atoms with Crippen LogP contribution in [0.3, 0.4) is 0 Å². The molecule has 1 aromatic heterocycles. The Morgan fingerprint density at radius 2 is 1.17 bits per heavy atom. The van der Waals surface area contributed by atoms with Crippen LogP contribution in [0.15, 0.2) is 10.9 Å². The van der Waals surface area contributed by atoms with Gasteiger partial charge in [0, 0.05) is 11.8 Å². The van der Waals surface area contributed by atoms with Crippen LogP contribution in [0.1, 0.15) is 21.6 Å². The Balaban J connectivity index is 2.31. The van der Waals surface area contributed by atoms with E-state index < -0.39 is 86.2 Å². The third kappa shape index (κ3) is 2.88. The number of aromatic amines is 1. The summed E-state index contributed by atoms with van der Waals surface area (Å²) in [5.41, 5.74) is -7.37. The lowest BCUT2D eigenvalue weighted by molar-refractivity contribution is 0.102. The molecule has 0 radical (unpaired) electrons. The number of nitrogens with one attached hydrogen (secondary N) is 1. The van der Waals surface area contributed by atoms with Crippen LogP contribution < -0.4 is 5.56 Å². The third-order valence-electron chi connectivity index (χ3n) is 4.05. The predicted molar refractivity (Wildman–Crippen MR) is 80.6 cm³/mol. The van der Waals surface area contributed by atoms with Crippen molar-refractivity contribution in [3.63, 3.8) is 0 Å². The quantitative estimate of drug-likeness (QED) is 0.290. The van der Waals surface area contributed by atoms with E-state index >= 15 is 0 Å². The predicted octanol–water partition coefficient (Wildman–Crippen LogP) is 3.96. The van der Waals surface area contributed by atoms with Crippen LogP contribution in [0.2, 0.25) is 0 Å². The van der Waals surface area contributed by atoms with Gasteiger partial charge in [-0.15, -0.1) is 0 Å². The number of hydrogen-bond acceptors (Lipinski definition) is 2. The molecule has 0 atom stereocenters. The summed E-state index contributed by atoms with van der Waals surface area (Å²) < 4.78 is 122. The molecule has 0 bridgehead atoms. The first kappa shape index (κ1) is 21.2. The highest BCUT2D eigenvalue weighted by Gasteiger charge is 2.34. The molecule has 0 saturated heterocycles. The molecule has 0 unspecified atom stereocenters. The van der Waals surface area contributed by atoms with E-state index in [2.05, 4.69) is 0 Å². The number of ketones is 1. The van der Waals surface area contributed by atoms with Crippen LogP contribution in [0.4, 0.5) is 39.5 Å². The molecular formula is C17H5F9N2O2. The molecule has 158 valence electrons. The number of hydrogen-bond donors (Lipinski definition) is 1. The second kappa shape index (κ2) is 7.07. The largest absolute Gasteiger partial charge is 0.294 e. The van der Waals surface area contributed by atoms with Gasteiger partial charge in [-0.2, -0.15) is 0 Å². The highest BCUT2D eigenvalue weighted by Crippen LogP contribution is 2.26. The van der Waals surface area contributed by atoms with E-state index in [0.717, 1.165) is 6.92 Å². The van der Waals surface area contributed by atoms with Gasteiger partial charge in [0.05, 0.1) is 0 Å². The number of carbonyl (C=O) groups excluding carboxylic acids is 1. The maximum Gasteiger partial charge on any atom is 0.282 e. The summed E-state index contributed by atoms with van der Waals surface area (Å²) in [5.74, 6) is -22.6. The SMILES string of the molecule is Cc1[nH]n(-c2c(F)c(F)cc(F)c2F)c(=O)c1C(=O)c1c(F)c(F)c(F)c(F)c1F. The van der Waals surface area contributed by atoms with E-state index in [1.807, 2.05) is 5.10 Å². The summed E-state index contributed by atoms with van der Waals surface area (Å²) in [7, 11) is 0. The highest BCUT2D eigenvalue weighted by atomic mass is 19.2. The Morgan fingerprint density at radius 1 is 0.733 bits per heavy atom. The zero-order valence-corrected chi connectivity index (χ0v) is 14.2. The molecular weight excluding hydrogens is 435 g/mol. The topological polar surface area (TPSA) is 54.9 Å². The van der Waals surface area contributed by atoms with Crippen LogP contribution in [0.5, 0.6) is 0 Å². The maximum atomic E-state index is 13.9. The van der Waals surface area contributed by atoms with Crippen LogP contribution >= 0.6 is 0 Å². The Bertz CT molecular complexity index is 1240. The molecule has 0 spiro atoms. The molecule has 0 aliphatic rings. The first-order valence-electron chi connectivity index (χ1n) is 7.61. The monoisotopic (exact) mass is 440 g/mol. The van der Waals surface area contributed by atoms with Crippen molar-refractivity contribution in [1.82, 2.24) is 9.78 Å². The molecule has 1 N–H and O–H groups in total. The molecule has 3 aromatic rings. The van der Waals surface area contributed by atoms with E-state index in [1.54, 1.807) is 0 Å². The summed E-state index contributed by atoms with van der Waals surface area (Å²) in [4.78, 5) is 24.8. The second-order valence-electron chi connectivity index (χ2n) is 5.84. The van der Waals surface area contributed by atoms with Crippen molar-refractivity contribution in [2.75, 3.05) is 0 Å². The molecule has 13 heteroatoms. The third-order valence-corrected chi connectivity index (χ3v) is 4.05. The van der Waals surface area contributed by atoms with E-state index in [0.29, 0.717) is 0 Å². The number of aryl methyl sites for hydroxylation is 1. The van der Waals surface area contributed by atoms with Gasteiger partial charge in [0.15, 0.2) is 46.5 Å². The Hall–Kier alpha value is -3.51. The number of benzene rings is 2. The van der Waals surface area contributed by atoms with Crippen LogP contribution in [-0.2, 0) is 0 Å². The van der Waals surface area contributed by atoms with Gasteiger partial charge < -0.3 is 0 Å². The fourth-order valence-electron chi connectivity index (χ4n) is 2.66. The standard InChI is InChI=1S/C17H5F9N2O2/c1-3-6(16(29)7-10(22)12(24)14(26)13(25)11(7)23)17(30)28(27-3)15-8(20)4(18)2-5(19)9(15)21/h2,27H,1H3.